The summed E-state index contributed by atoms with van der Waals surface area (Å²) >= 11 is 0. The van der Waals surface area contributed by atoms with Gasteiger partial charge in [-0.25, -0.2) is 8.78 Å². The van der Waals surface area contributed by atoms with Gasteiger partial charge in [-0.15, -0.1) is 0 Å². The second kappa shape index (κ2) is 14.9. The first-order chi connectivity index (χ1) is 24.8. The highest BCUT2D eigenvalue weighted by Crippen LogP contribution is 2.39. The van der Waals surface area contributed by atoms with E-state index in [9.17, 15) is 27.2 Å². The number of rotatable bonds is 14. The number of aromatic nitrogens is 1. The number of ether oxygens (including phenoxy) is 1. The molecular formula is C44H43F4NO3. The summed E-state index contributed by atoms with van der Waals surface area (Å²) in [5.74, 6) is -4.27. The molecule has 1 atom stereocenters. The van der Waals surface area contributed by atoms with Gasteiger partial charge >= 0.3 is 12.3 Å². The third-order valence-electron chi connectivity index (χ3n) is 10.1. The van der Waals surface area contributed by atoms with Crippen LogP contribution in [0.2, 0.25) is 0 Å². The minimum atomic E-state index is -4.29. The van der Waals surface area contributed by atoms with Crippen molar-refractivity contribution in [2.75, 3.05) is 6.61 Å². The van der Waals surface area contributed by atoms with Crippen LogP contribution in [0.3, 0.4) is 0 Å². The van der Waals surface area contributed by atoms with Crippen LogP contribution in [0.15, 0.2) is 84.9 Å². The predicted octanol–water partition coefficient (Wildman–Crippen LogP) is 11.8. The molecule has 0 aliphatic heterocycles. The van der Waals surface area contributed by atoms with E-state index >= 15 is 0 Å². The molecule has 5 aromatic carbocycles. The molecule has 0 spiro atoms. The molecule has 0 aliphatic carbocycles. The van der Waals surface area contributed by atoms with E-state index in [0.717, 1.165) is 81.5 Å². The molecule has 0 amide bonds. The van der Waals surface area contributed by atoms with Crippen molar-refractivity contribution in [2.45, 2.75) is 79.2 Å². The van der Waals surface area contributed by atoms with Crippen molar-refractivity contribution in [3.63, 3.8) is 0 Å². The second-order valence-corrected chi connectivity index (χ2v) is 13.9. The average molecular weight is 710 g/mol. The Balaban J connectivity index is 1.51. The molecule has 52 heavy (non-hydrogen) atoms. The first kappa shape index (κ1) is 36.8. The van der Waals surface area contributed by atoms with Crippen LogP contribution >= 0.6 is 0 Å². The Bertz CT molecular complexity index is 2260. The molecule has 1 aromatic heterocycles. The molecule has 8 heteroatoms. The maximum Gasteiger partial charge on any atom is 0.340 e. The molecule has 6 aromatic rings. The minimum absolute atomic E-state index is 0.0509. The van der Waals surface area contributed by atoms with Gasteiger partial charge in [0.25, 0.3) is 0 Å². The number of alkyl halides is 4. The Hall–Kier alpha value is -4.98. The molecule has 6 rings (SSSR count). The van der Waals surface area contributed by atoms with E-state index in [1.54, 1.807) is 0 Å². The maximum atomic E-state index is 14.2. The molecular weight excluding hydrogens is 666 g/mol. The summed E-state index contributed by atoms with van der Waals surface area (Å²) in [5, 5.41) is 3.38. The summed E-state index contributed by atoms with van der Waals surface area (Å²) in [6, 6.07) is 25.1. The SMILES string of the molecule is CCCCC(CC)Cn1c2ccc(C(=O)c3c(C)cc(C)cc3C)cc2c2cc(C(=O)c3ccc(OCC(F)(F)C(F)F)cc3)c3ccccc3c21. The number of carbonyl (C=O) groups excluding carboxylic acids is 2. The molecule has 0 N–H and O–H groups in total. The van der Waals surface area contributed by atoms with Gasteiger partial charge in [-0.05, 0) is 98.2 Å². The Morgan fingerprint density at radius 2 is 1.42 bits per heavy atom. The van der Waals surface area contributed by atoms with Crippen LogP contribution in [-0.2, 0) is 6.54 Å². The van der Waals surface area contributed by atoms with Gasteiger partial charge in [0, 0.05) is 50.5 Å². The van der Waals surface area contributed by atoms with Crippen molar-refractivity contribution in [1.29, 1.82) is 0 Å². The summed E-state index contributed by atoms with van der Waals surface area (Å²) < 4.78 is 59.4. The Morgan fingerprint density at radius 3 is 2.06 bits per heavy atom. The lowest BCUT2D eigenvalue weighted by molar-refractivity contribution is -0.148. The topological polar surface area (TPSA) is 48.3 Å². The van der Waals surface area contributed by atoms with Crippen molar-refractivity contribution >= 4 is 44.1 Å². The summed E-state index contributed by atoms with van der Waals surface area (Å²) in [4.78, 5) is 28.4. The molecule has 1 unspecified atom stereocenters. The summed E-state index contributed by atoms with van der Waals surface area (Å²) in [5.41, 5.74) is 6.89. The zero-order valence-corrected chi connectivity index (χ0v) is 30.2. The molecule has 0 saturated carbocycles. The fraction of sp³-hybridized carbons (Fsp3) is 0.318. The van der Waals surface area contributed by atoms with E-state index in [1.165, 1.54) is 24.3 Å². The monoisotopic (exact) mass is 709 g/mol. The van der Waals surface area contributed by atoms with E-state index in [1.807, 2.05) is 81.4 Å². The third kappa shape index (κ3) is 7.08. The van der Waals surface area contributed by atoms with Gasteiger partial charge < -0.3 is 9.30 Å². The van der Waals surface area contributed by atoms with Crippen molar-refractivity contribution in [1.82, 2.24) is 4.57 Å². The third-order valence-corrected chi connectivity index (χ3v) is 10.1. The van der Waals surface area contributed by atoms with Crippen LogP contribution in [0, 0.1) is 26.7 Å². The Kier molecular flexibility index (Phi) is 10.6. The molecule has 270 valence electrons. The molecule has 1 heterocycles. The van der Waals surface area contributed by atoms with E-state index in [0.29, 0.717) is 22.6 Å². The number of fused-ring (bicyclic) bond motifs is 5. The smallest absolute Gasteiger partial charge is 0.340 e. The number of hydrogen-bond acceptors (Lipinski definition) is 3. The van der Waals surface area contributed by atoms with Crippen molar-refractivity contribution < 1.29 is 31.9 Å². The minimum Gasteiger partial charge on any atom is -0.487 e. The first-order valence-corrected chi connectivity index (χ1v) is 17.9. The lowest BCUT2D eigenvalue weighted by Crippen LogP contribution is -2.33. The predicted molar refractivity (Wildman–Crippen MR) is 201 cm³/mol. The highest BCUT2D eigenvalue weighted by atomic mass is 19.3. The Labute approximate surface area is 301 Å². The average Bonchev–Trinajstić information content (AvgIpc) is 3.43. The molecule has 0 saturated heterocycles. The molecule has 0 aliphatic rings. The van der Waals surface area contributed by atoms with E-state index in [-0.39, 0.29) is 22.9 Å². The number of hydrogen-bond donors (Lipinski definition) is 0. The van der Waals surface area contributed by atoms with Gasteiger partial charge in [-0.3, -0.25) is 9.59 Å². The summed E-state index contributed by atoms with van der Waals surface area (Å²) in [6.07, 6.45) is 0.484. The zero-order chi connectivity index (χ0) is 37.3. The maximum absolute atomic E-state index is 14.2. The molecule has 0 radical (unpaired) electrons. The number of nitrogens with zero attached hydrogens (tertiary/aromatic N) is 1. The van der Waals surface area contributed by atoms with Gasteiger partial charge in [0.15, 0.2) is 18.2 Å². The van der Waals surface area contributed by atoms with Crippen LogP contribution in [0.4, 0.5) is 17.6 Å². The number of aryl methyl sites for hydroxylation is 3. The highest BCUT2D eigenvalue weighted by molar-refractivity contribution is 6.26. The summed E-state index contributed by atoms with van der Waals surface area (Å²) in [7, 11) is 0. The highest BCUT2D eigenvalue weighted by Gasteiger charge is 2.41. The number of benzene rings is 5. The van der Waals surface area contributed by atoms with Gasteiger partial charge in [0.1, 0.15) is 5.75 Å². The molecule has 0 bridgehead atoms. The lowest BCUT2D eigenvalue weighted by atomic mass is 9.92. The van der Waals surface area contributed by atoms with Gasteiger partial charge in [0.2, 0.25) is 0 Å². The van der Waals surface area contributed by atoms with Crippen LogP contribution < -0.4 is 4.74 Å². The zero-order valence-electron chi connectivity index (χ0n) is 30.2. The number of carbonyl (C=O) groups is 2. The van der Waals surface area contributed by atoms with E-state index in [4.69, 9.17) is 4.74 Å². The number of halogens is 4. The Morgan fingerprint density at radius 1 is 0.769 bits per heavy atom. The lowest BCUT2D eigenvalue weighted by Gasteiger charge is -2.18. The van der Waals surface area contributed by atoms with Crippen LogP contribution in [0.25, 0.3) is 32.6 Å². The number of ketones is 2. The standard InChI is InChI=1S/C44H43F4NO3/c1-6-8-11-29(7-2)24-49-38-19-16-31(42(51)39-27(4)20-26(3)21-28(39)5)22-35(38)36-23-37(33-12-9-10-13-34(33)40(36)49)41(50)30-14-17-32(18-15-30)52-25-44(47,48)43(45)46/h9-10,12-23,29,43H,6-8,11,24-25H2,1-5H3. The largest absolute Gasteiger partial charge is 0.487 e. The van der Waals surface area contributed by atoms with Crippen molar-refractivity contribution in [3.8, 4) is 5.75 Å². The normalized spacial score (nSPS) is 12.7. The van der Waals surface area contributed by atoms with Crippen LogP contribution in [-0.4, -0.2) is 35.1 Å². The second-order valence-electron chi connectivity index (χ2n) is 13.9. The van der Waals surface area contributed by atoms with Crippen LogP contribution in [0.1, 0.15) is 88.1 Å². The van der Waals surface area contributed by atoms with E-state index < -0.39 is 19.0 Å². The molecule has 4 nitrogen and oxygen atoms in total. The van der Waals surface area contributed by atoms with Gasteiger partial charge in [0.05, 0.1) is 5.52 Å². The van der Waals surface area contributed by atoms with Crippen molar-refractivity contribution in [2.24, 2.45) is 5.92 Å². The van der Waals surface area contributed by atoms with Gasteiger partial charge in [-0.1, -0.05) is 75.1 Å². The molecule has 0 fully saturated rings. The van der Waals surface area contributed by atoms with E-state index in [2.05, 4.69) is 18.4 Å². The van der Waals surface area contributed by atoms with Gasteiger partial charge in [-0.2, -0.15) is 8.78 Å². The number of unbranched alkanes of at least 4 members (excludes halogenated alkanes) is 1. The summed E-state index contributed by atoms with van der Waals surface area (Å²) in [6.45, 7) is 9.65. The fourth-order valence-electron chi connectivity index (χ4n) is 7.44. The first-order valence-electron chi connectivity index (χ1n) is 17.9. The quantitative estimate of drug-likeness (QED) is 0.0836. The van der Waals surface area contributed by atoms with Crippen LogP contribution in [0.5, 0.6) is 5.75 Å². The fourth-order valence-corrected chi connectivity index (χ4v) is 7.44. The van der Waals surface area contributed by atoms with Crippen molar-refractivity contribution in [3.05, 3.63) is 124 Å².